The predicted octanol–water partition coefficient (Wildman–Crippen LogP) is 2.98. The van der Waals surface area contributed by atoms with Gasteiger partial charge in [-0.25, -0.2) is 8.42 Å². The van der Waals surface area contributed by atoms with Gasteiger partial charge >= 0.3 is 0 Å². The number of benzene rings is 1. The second kappa shape index (κ2) is 6.53. The molecule has 0 radical (unpaired) electrons. The molecule has 0 heterocycles. The zero-order valence-corrected chi connectivity index (χ0v) is 13.1. The molecule has 1 rings (SSSR count). The molecule has 108 valence electrons. The van der Waals surface area contributed by atoms with Gasteiger partial charge in [0.1, 0.15) is 0 Å². The van der Waals surface area contributed by atoms with Crippen molar-refractivity contribution < 1.29 is 8.42 Å². The molecule has 0 aliphatic carbocycles. The molecule has 0 aliphatic rings. The van der Waals surface area contributed by atoms with Crippen LogP contribution in [0.3, 0.4) is 0 Å². The summed E-state index contributed by atoms with van der Waals surface area (Å²) < 4.78 is 25.3. The maximum atomic E-state index is 12.7. The first kappa shape index (κ1) is 16.2. The van der Waals surface area contributed by atoms with Crippen molar-refractivity contribution in [2.75, 3.05) is 0 Å². The van der Waals surface area contributed by atoms with E-state index in [9.17, 15) is 8.42 Å². The highest BCUT2D eigenvalue weighted by Crippen LogP contribution is 2.23. The normalized spacial score (nSPS) is 15.2. The first-order valence-electron chi connectivity index (χ1n) is 6.91. The molecule has 0 saturated carbocycles. The molecule has 3 nitrogen and oxygen atoms in total. The third-order valence-corrected chi connectivity index (χ3v) is 6.10. The summed E-state index contributed by atoms with van der Waals surface area (Å²) in [5, 5.41) is -0.491. The fraction of sp³-hybridized carbons (Fsp3) is 0.600. The Balaban J connectivity index is 3.16. The van der Waals surface area contributed by atoms with Crippen LogP contribution in [0.4, 0.5) is 0 Å². The van der Waals surface area contributed by atoms with Crippen molar-refractivity contribution in [2.24, 2.45) is 5.73 Å². The molecule has 0 saturated heterocycles. The minimum absolute atomic E-state index is 0.290. The molecule has 1 aromatic carbocycles. The van der Waals surface area contributed by atoms with Gasteiger partial charge in [-0.05, 0) is 49.9 Å². The molecule has 0 aromatic heterocycles. The smallest absolute Gasteiger partial charge is 0.182 e. The van der Waals surface area contributed by atoms with E-state index in [2.05, 4.69) is 0 Å². The molecule has 2 N–H and O–H groups in total. The van der Waals surface area contributed by atoms with Crippen LogP contribution in [-0.2, 0) is 9.84 Å². The number of sulfone groups is 1. The highest BCUT2D eigenvalue weighted by atomic mass is 32.2. The van der Waals surface area contributed by atoms with Crippen molar-refractivity contribution in [2.45, 2.75) is 63.1 Å². The van der Waals surface area contributed by atoms with Crippen LogP contribution in [0.25, 0.3) is 0 Å². The average Bonchev–Trinajstić information content (AvgIpc) is 2.33. The molecule has 0 aliphatic heterocycles. The number of hydrogen-bond acceptors (Lipinski definition) is 3. The highest BCUT2D eigenvalue weighted by molar-refractivity contribution is 7.92. The Morgan fingerprint density at radius 3 is 2.26 bits per heavy atom. The molecule has 0 amide bonds. The summed E-state index contributed by atoms with van der Waals surface area (Å²) in [6.07, 6.45) is 2.19. The molecule has 2 unspecified atom stereocenters. The Labute approximate surface area is 117 Å². The first-order valence-corrected chi connectivity index (χ1v) is 8.45. The SMILES string of the molecule is CCCC(N)C(CC)S(=O)(=O)c1ccc(C)c(C)c1. The van der Waals surface area contributed by atoms with Crippen LogP contribution in [0, 0.1) is 13.8 Å². The number of rotatable bonds is 6. The monoisotopic (exact) mass is 283 g/mol. The third kappa shape index (κ3) is 3.57. The van der Waals surface area contributed by atoms with Gasteiger partial charge in [0.25, 0.3) is 0 Å². The molecular formula is C15H25NO2S. The van der Waals surface area contributed by atoms with Crippen molar-refractivity contribution >= 4 is 9.84 Å². The van der Waals surface area contributed by atoms with Gasteiger partial charge in [-0.15, -0.1) is 0 Å². The van der Waals surface area contributed by atoms with E-state index in [0.717, 1.165) is 24.0 Å². The number of nitrogens with two attached hydrogens (primary N) is 1. The van der Waals surface area contributed by atoms with Crippen LogP contribution in [-0.4, -0.2) is 19.7 Å². The lowest BCUT2D eigenvalue weighted by Gasteiger charge is -2.22. The van der Waals surface area contributed by atoms with Crippen molar-refractivity contribution in [3.63, 3.8) is 0 Å². The topological polar surface area (TPSA) is 60.2 Å². The molecule has 19 heavy (non-hydrogen) atoms. The third-order valence-electron chi connectivity index (χ3n) is 3.71. The second-order valence-corrected chi connectivity index (χ2v) is 7.36. The van der Waals surface area contributed by atoms with Gasteiger partial charge in [-0.3, -0.25) is 0 Å². The maximum absolute atomic E-state index is 12.7. The van der Waals surface area contributed by atoms with E-state index >= 15 is 0 Å². The Hall–Kier alpha value is -0.870. The van der Waals surface area contributed by atoms with E-state index in [0.29, 0.717) is 11.3 Å². The van der Waals surface area contributed by atoms with Gasteiger partial charge in [-0.2, -0.15) is 0 Å². The summed E-state index contributed by atoms with van der Waals surface area (Å²) >= 11 is 0. The minimum Gasteiger partial charge on any atom is -0.327 e. The summed E-state index contributed by atoms with van der Waals surface area (Å²) in [6, 6.07) is 5.02. The largest absolute Gasteiger partial charge is 0.327 e. The van der Waals surface area contributed by atoms with Crippen LogP contribution in [0.2, 0.25) is 0 Å². The molecule has 0 spiro atoms. The van der Waals surface area contributed by atoms with E-state index < -0.39 is 15.1 Å². The van der Waals surface area contributed by atoms with Gasteiger partial charge in [-0.1, -0.05) is 26.3 Å². The lowest BCUT2D eigenvalue weighted by atomic mass is 10.1. The average molecular weight is 283 g/mol. The molecule has 4 heteroatoms. The lowest BCUT2D eigenvalue weighted by molar-refractivity contribution is 0.516. The Kier molecular flexibility index (Phi) is 5.56. The van der Waals surface area contributed by atoms with E-state index in [1.807, 2.05) is 33.8 Å². The Morgan fingerprint density at radius 2 is 1.79 bits per heavy atom. The van der Waals surface area contributed by atoms with Gasteiger partial charge in [0, 0.05) is 6.04 Å². The van der Waals surface area contributed by atoms with Crippen LogP contribution < -0.4 is 5.73 Å². The molecule has 2 atom stereocenters. The standard InChI is InChI=1S/C15H25NO2S/c1-5-7-14(16)15(6-2)19(17,18)13-9-8-11(3)12(4)10-13/h8-10,14-15H,5-7,16H2,1-4H3. The summed E-state index contributed by atoms with van der Waals surface area (Å²) in [4.78, 5) is 0.397. The lowest BCUT2D eigenvalue weighted by Crippen LogP contribution is -2.40. The zero-order chi connectivity index (χ0) is 14.6. The van der Waals surface area contributed by atoms with E-state index in [4.69, 9.17) is 5.73 Å². The Morgan fingerprint density at radius 1 is 1.16 bits per heavy atom. The number of aryl methyl sites for hydroxylation is 2. The van der Waals surface area contributed by atoms with E-state index in [1.165, 1.54) is 0 Å². The molecule has 1 aromatic rings. The summed E-state index contributed by atoms with van der Waals surface area (Å²) in [7, 11) is -3.34. The Bertz CT molecular complexity index is 523. The fourth-order valence-electron chi connectivity index (χ4n) is 2.34. The molecular weight excluding hydrogens is 258 g/mol. The maximum Gasteiger partial charge on any atom is 0.182 e. The van der Waals surface area contributed by atoms with Crippen LogP contribution >= 0.6 is 0 Å². The van der Waals surface area contributed by atoms with Crippen LogP contribution in [0.5, 0.6) is 0 Å². The second-order valence-electron chi connectivity index (χ2n) is 5.19. The molecule has 0 fully saturated rings. The minimum atomic E-state index is -3.34. The van der Waals surface area contributed by atoms with Crippen LogP contribution in [0.1, 0.15) is 44.2 Å². The summed E-state index contributed by atoms with van der Waals surface area (Å²) in [5.74, 6) is 0. The molecule has 0 bridgehead atoms. The van der Waals surface area contributed by atoms with Crippen molar-refractivity contribution in [1.82, 2.24) is 0 Å². The fourth-order valence-corrected chi connectivity index (χ4v) is 4.32. The van der Waals surface area contributed by atoms with E-state index in [-0.39, 0.29) is 6.04 Å². The summed E-state index contributed by atoms with van der Waals surface area (Å²) in [5.41, 5.74) is 8.15. The highest BCUT2D eigenvalue weighted by Gasteiger charge is 2.30. The van der Waals surface area contributed by atoms with Gasteiger partial charge in [0.15, 0.2) is 9.84 Å². The first-order chi connectivity index (χ1) is 8.84. The quantitative estimate of drug-likeness (QED) is 0.873. The van der Waals surface area contributed by atoms with Gasteiger partial charge in [0.05, 0.1) is 10.1 Å². The van der Waals surface area contributed by atoms with Crippen LogP contribution in [0.15, 0.2) is 23.1 Å². The van der Waals surface area contributed by atoms with Crippen molar-refractivity contribution in [3.05, 3.63) is 29.3 Å². The van der Waals surface area contributed by atoms with Gasteiger partial charge in [0.2, 0.25) is 0 Å². The number of hydrogen-bond donors (Lipinski definition) is 1. The van der Waals surface area contributed by atoms with Gasteiger partial charge < -0.3 is 5.73 Å². The summed E-state index contributed by atoms with van der Waals surface area (Å²) in [6.45, 7) is 7.82. The van der Waals surface area contributed by atoms with Crippen molar-refractivity contribution in [1.29, 1.82) is 0 Å². The van der Waals surface area contributed by atoms with E-state index in [1.54, 1.807) is 12.1 Å². The predicted molar refractivity (Wildman–Crippen MR) is 80.1 cm³/mol. The zero-order valence-electron chi connectivity index (χ0n) is 12.3. The van der Waals surface area contributed by atoms with Crippen molar-refractivity contribution in [3.8, 4) is 0 Å².